The van der Waals surface area contributed by atoms with Gasteiger partial charge >= 0.3 is 0 Å². The van der Waals surface area contributed by atoms with E-state index in [2.05, 4.69) is 20.5 Å². The van der Waals surface area contributed by atoms with Crippen molar-refractivity contribution in [2.24, 2.45) is 0 Å². The van der Waals surface area contributed by atoms with Gasteiger partial charge in [-0.2, -0.15) is 0 Å². The quantitative estimate of drug-likeness (QED) is 0.787. The normalized spacial score (nSPS) is 10.7. The summed E-state index contributed by atoms with van der Waals surface area (Å²) in [6.45, 7) is 1.78. The largest absolute Gasteiger partial charge is 0.296 e. The highest BCUT2D eigenvalue weighted by molar-refractivity contribution is 7.13. The standard InChI is InChI=1S/C13H9FN4OS/c1-7-4-10(12(19)17-13-18-15-6-20-13)9-5-8(14)2-3-11(9)16-7/h2-6H,1H3,(H,17,18,19). The van der Waals surface area contributed by atoms with Gasteiger partial charge in [0.25, 0.3) is 5.91 Å². The number of benzene rings is 1. The molecule has 0 aliphatic rings. The molecule has 0 spiro atoms. The topological polar surface area (TPSA) is 67.8 Å². The molecule has 0 fully saturated rings. The summed E-state index contributed by atoms with van der Waals surface area (Å²) in [5.74, 6) is -0.768. The highest BCUT2D eigenvalue weighted by Gasteiger charge is 2.14. The van der Waals surface area contributed by atoms with Crippen LogP contribution in [0.15, 0.2) is 29.8 Å². The van der Waals surface area contributed by atoms with Crippen molar-refractivity contribution in [1.29, 1.82) is 0 Å². The van der Waals surface area contributed by atoms with E-state index < -0.39 is 5.82 Å². The summed E-state index contributed by atoms with van der Waals surface area (Å²) in [5.41, 5.74) is 3.15. The van der Waals surface area contributed by atoms with E-state index in [1.54, 1.807) is 19.1 Å². The van der Waals surface area contributed by atoms with Crippen LogP contribution in [0.2, 0.25) is 0 Å². The van der Waals surface area contributed by atoms with Gasteiger partial charge in [-0.1, -0.05) is 11.3 Å². The van der Waals surface area contributed by atoms with E-state index in [4.69, 9.17) is 0 Å². The minimum Gasteiger partial charge on any atom is -0.296 e. The van der Waals surface area contributed by atoms with Crippen LogP contribution in [0, 0.1) is 12.7 Å². The molecule has 5 nitrogen and oxygen atoms in total. The van der Waals surface area contributed by atoms with Gasteiger partial charge in [-0.05, 0) is 31.2 Å². The summed E-state index contributed by atoms with van der Waals surface area (Å²) in [6, 6.07) is 5.80. The fourth-order valence-corrected chi connectivity index (χ4v) is 2.35. The Morgan fingerprint density at radius 2 is 2.20 bits per heavy atom. The van der Waals surface area contributed by atoms with Gasteiger partial charge in [-0.15, -0.1) is 10.2 Å². The maximum Gasteiger partial charge on any atom is 0.258 e. The second-order valence-corrected chi connectivity index (χ2v) is 5.00. The van der Waals surface area contributed by atoms with Crippen LogP contribution >= 0.6 is 11.3 Å². The Balaban J connectivity index is 2.09. The van der Waals surface area contributed by atoms with Crippen molar-refractivity contribution in [1.82, 2.24) is 15.2 Å². The Morgan fingerprint density at radius 1 is 1.35 bits per heavy atom. The van der Waals surface area contributed by atoms with Crippen molar-refractivity contribution in [3.63, 3.8) is 0 Å². The molecule has 1 amide bonds. The van der Waals surface area contributed by atoms with Crippen LogP contribution in [0.1, 0.15) is 16.1 Å². The van der Waals surface area contributed by atoms with Crippen LogP contribution in [0.3, 0.4) is 0 Å². The second kappa shape index (κ2) is 4.93. The van der Waals surface area contributed by atoms with E-state index in [0.717, 1.165) is 0 Å². The first-order valence-corrected chi connectivity index (χ1v) is 6.66. The van der Waals surface area contributed by atoms with Crippen molar-refractivity contribution in [3.8, 4) is 0 Å². The Bertz CT molecular complexity index is 788. The molecular formula is C13H9FN4OS. The number of fused-ring (bicyclic) bond motifs is 1. The van der Waals surface area contributed by atoms with E-state index in [1.807, 2.05) is 0 Å². The smallest absolute Gasteiger partial charge is 0.258 e. The number of anilines is 1. The van der Waals surface area contributed by atoms with Crippen LogP contribution in [0.4, 0.5) is 9.52 Å². The van der Waals surface area contributed by atoms with Gasteiger partial charge in [0.05, 0.1) is 11.1 Å². The molecule has 3 rings (SSSR count). The monoisotopic (exact) mass is 288 g/mol. The number of aromatic nitrogens is 3. The van der Waals surface area contributed by atoms with Crippen molar-refractivity contribution in [2.45, 2.75) is 6.92 Å². The summed E-state index contributed by atoms with van der Waals surface area (Å²) in [7, 11) is 0. The average Bonchev–Trinajstić information content (AvgIpc) is 2.91. The number of hydrogen-bond acceptors (Lipinski definition) is 5. The Kier molecular flexibility index (Phi) is 3.11. The van der Waals surface area contributed by atoms with Crippen LogP contribution < -0.4 is 5.32 Å². The molecule has 0 saturated heterocycles. The lowest BCUT2D eigenvalue weighted by molar-refractivity contribution is 0.102. The number of carbonyl (C=O) groups is 1. The minimum absolute atomic E-state index is 0.358. The second-order valence-electron chi connectivity index (χ2n) is 4.17. The van der Waals surface area contributed by atoms with E-state index >= 15 is 0 Å². The molecule has 0 aliphatic heterocycles. The van der Waals surface area contributed by atoms with Crippen LogP contribution in [0.5, 0.6) is 0 Å². The van der Waals surface area contributed by atoms with Crippen molar-refractivity contribution in [3.05, 3.63) is 46.9 Å². The number of nitrogens with one attached hydrogen (secondary N) is 1. The van der Waals surface area contributed by atoms with Crippen LogP contribution in [0.25, 0.3) is 10.9 Å². The molecule has 0 unspecified atom stereocenters. The Morgan fingerprint density at radius 3 is 2.95 bits per heavy atom. The molecule has 2 aromatic heterocycles. The third-order valence-corrected chi connectivity index (χ3v) is 3.33. The molecule has 1 aromatic carbocycles. The number of nitrogens with zero attached hydrogens (tertiary/aromatic N) is 3. The lowest BCUT2D eigenvalue weighted by Gasteiger charge is -2.07. The van der Waals surface area contributed by atoms with Gasteiger partial charge in [0.1, 0.15) is 11.3 Å². The zero-order valence-electron chi connectivity index (χ0n) is 10.4. The zero-order chi connectivity index (χ0) is 14.1. The molecule has 2 heterocycles. The molecule has 0 radical (unpaired) electrons. The molecule has 3 aromatic rings. The van der Waals surface area contributed by atoms with Crippen LogP contribution in [-0.4, -0.2) is 21.1 Å². The van der Waals surface area contributed by atoms with E-state index in [-0.39, 0.29) is 5.91 Å². The lowest BCUT2D eigenvalue weighted by Crippen LogP contribution is -2.13. The van der Waals surface area contributed by atoms with Gasteiger partial charge < -0.3 is 0 Å². The third-order valence-electron chi connectivity index (χ3n) is 2.72. The number of halogens is 1. The van der Waals surface area contributed by atoms with Gasteiger partial charge in [0.2, 0.25) is 5.13 Å². The molecule has 1 N–H and O–H groups in total. The SMILES string of the molecule is Cc1cc(C(=O)Nc2nncs2)c2cc(F)ccc2n1. The third kappa shape index (κ3) is 2.35. The molecule has 0 saturated carbocycles. The first kappa shape index (κ1) is 12.6. The number of amides is 1. The van der Waals surface area contributed by atoms with Gasteiger partial charge in [-0.25, -0.2) is 4.39 Å². The average molecular weight is 288 g/mol. The van der Waals surface area contributed by atoms with Crippen molar-refractivity contribution in [2.75, 3.05) is 5.32 Å². The Hall–Kier alpha value is -2.41. The molecule has 7 heteroatoms. The minimum atomic E-state index is -0.409. The molecule has 0 aliphatic carbocycles. The predicted molar refractivity (Wildman–Crippen MR) is 74.3 cm³/mol. The molecular weight excluding hydrogens is 279 g/mol. The molecule has 20 heavy (non-hydrogen) atoms. The first-order valence-electron chi connectivity index (χ1n) is 5.78. The number of hydrogen-bond donors (Lipinski definition) is 1. The summed E-state index contributed by atoms with van der Waals surface area (Å²) in [6.07, 6.45) is 0. The fraction of sp³-hybridized carbons (Fsp3) is 0.0769. The summed E-state index contributed by atoms with van der Waals surface area (Å²) in [5, 5.41) is 10.9. The number of aryl methyl sites for hydroxylation is 1. The zero-order valence-corrected chi connectivity index (χ0v) is 11.2. The first-order chi connectivity index (χ1) is 9.63. The maximum absolute atomic E-state index is 13.4. The maximum atomic E-state index is 13.4. The number of rotatable bonds is 2. The number of pyridine rings is 1. The lowest BCUT2D eigenvalue weighted by atomic mass is 10.1. The highest BCUT2D eigenvalue weighted by atomic mass is 32.1. The predicted octanol–water partition coefficient (Wildman–Crippen LogP) is 2.79. The van der Waals surface area contributed by atoms with Crippen molar-refractivity contribution < 1.29 is 9.18 Å². The number of carbonyl (C=O) groups excluding carboxylic acids is 1. The van der Waals surface area contributed by atoms with E-state index in [0.29, 0.717) is 27.3 Å². The molecule has 0 atom stereocenters. The van der Waals surface area contributed by atoms with Gasteiger partial charge in [-0.3, -0.25) is 15.1 Å². The fourth-order valence-electron chi connectivity index (χ4n) is 1.91. The summed E-state index contributed by atoms with van der Waals surface area (Å²) >= 11 is 1.21. The van der Waals surface area contributed by atoms with E-state index in [1.165, 1.54) is 29.0 Å². The molecule has 0 bridgehead atoms. The Labute approximate surface area is 117 Å². The molecule has 100 valence electrons. The summed E-state index contributed by atoms with van der Waals surface area (Å²) < 4.78 is 13.4. The van der Waals surface area contributed by atoms with E-state index in [9.17, 15) is 9.18 Å². The van der Waals surface area contributed by atoms with Crippen LogP contribution in [-0.2, 0) is 0 Å². The summed E-state index contributed by atoms with van der Waals surface area (Å²) in [4.78, 5) is 16.6. The van der Waals surface area contributed by atoms with Gasteiger partial charge in [0, 0.05) is 11.1 Å². The van der Waals surface area contributed by atoms with Gasteiger partial charge in [0.15, 0.2) is 0 Å². The highest BCUT2D eigenvalue weighted by Crippen LogP contribution is 2.21. The van der Waals surface area contributed by atoms with Crippen molar-refractivity contribution >= 4 is 33.3 Å².